The second-order valence-electron chi connectivity index (χ2n) is 5.10. The van der Waals surface area contributed by atoms with Crippen LogP contribution in [0.25, 0.3) is 0 Å². The van der Waals surface area contributed by atoms with E-state index in [-0.39, 0.29) is 34.5 Å². The van der Waals surface area contributed by atoms with Crippen LogP contribution >= 0.6 is 11.8 Å². The van der Waals surface area contributed by atoms with Gasteiger partial charge < -0.3 is 0 Å². The van der Waals surface area contributed by atoms with Crippen molar-refractivity contribution >= 4 is 51.4 Å². The molecule has 21 heavy (non-hydrogen) atoms. The summed E-state index contributed by atoms with van der Waals surface area (Å²) in [6, 6.07) is 6.92. The van der Waals surface area contributed by atoms with E-state index in [0.29, 0.717) is 0 Å². The van der Waals surface area contributed by atoms with Crippen molar-refractivity contribution in [2.45, 2.75) is 63.2 Å². The molecule has 1 aromatic carbocycles. The van der Waals surface area contributed by atoms with E-state index in [0.717, 1.165) is 12.8 Å². The molecule has 0 bridgehead atoms. The Hall–Kier alpha value is 0.420. The van der Waals surface area contributed by atoms with E-state index < -0.39 is 10.0 Å². The van der Waals surface area contributed by atoms with Gasteiger partial charge in [-0.15, -0.1) is 4.24 Å². The number of unbranched alkanes of at least 4 members (excludes halogenated alkanes) is 6. The van der Waals surface area contributed by atoms with Crippen molar-refractivity contribution in [3.8, 4) is 0 Å². The summed E-state index contributed by atoms with van der Waals surface area (Å²) in [5, 5.41) is 0. The van der Waals surface area contributed by atoms with Crippen molar-refractivity contribution < 1.29 is 8.42 Å². The summed E-state index contributed by atoms with van der Waals surface area (Å²) in [7, 11) is -3.54. The van der Waals surface area contributed by atoms with Gasteiger partial charge in [0, 0.05) is 0 Å². The number of sulfonamides is 1. The molecule has 0 aliphatic carbocycles. The fourth-order valence-electron chi connectivity index (χ4n) is 2.17. The van der Waals surface area contributed by atoms with E-state index in [9.17, 15) is 8.42 Å². The van der Waals surface area contributed by atoms with Crippen molar-refractivity contribution in [2.24, 2.45) is 0 Å². The van der Waals surface area contributed by atoms with Gasteiger partial charge in [-0.2, -0.15) is 0 Å². The van der Waals surface area contributed by atoms with Crippen LogP contribution in [0.4, 0.5) is 0 Å². The zero-order valence-corrected chi connectivity index (χ0v) is 13.6. The molecule has 116 valence electrons. The van der Waals surface area contributed by atoms with Crippen LogP contribution in [0.5, 0.6) is 0 Å². The monoisotopic (exact) mass is 341 g/mol. The molecular formula is C15H25ClNNaO2S. The van der Waals surface area contributed by atoms with Gasteiger partial charge in [0.05, 0.1) is 4.90 Å². The van der Waals surface area contributed by atoms with Crippen molar-refractivity contribution in [3.05, 3.63) is 29.8 Å². The fourth-order valence-corrected chi connectivity index (χ4v) is 3.02. The summed E-state index contributed by atoms with van der Waals surface area (Å²) >= 11 is 5.18. The molecule has 1 aromatic rings. The van der Waals surface area contributed by atoms with Gasteiger partial charge in [0.2, 0.25) is 0 Å². The average molecular weight is 342 g/mol. The van der Waals surface area contributed by atoms with E-state index in [2.05, 4.69) is 6.92 Å². The Morgan fingerprint density at radius 2 is 1.48 bits per heavy atom. The predicted molar refractivity (Wildman–Crippen MR) is 91.5 cm³/mol. The van der Waals surface area contributed by atoms with Gasteiger partial charge in [-0.1, -0.05) is 57.6 Å². The Bertz CT molecular complexity index is 477. The van der Waals surface area contributed by atoms with Crippen LogP contribution in [0.1, 0.15) is 57.4 Å². The molecule has 0 radical (unpaired) electrons. The molecule has 0 spiro atoms. The zero-order valence-electron chi connectivity index (χ0n) is 12.1. The maximum atomic E-state index is 11.5. The molecule has 0 aromatic heterocycles. The number of nitrogens with one attached hydrogen (secondary N) is 1. The molecule has 0 saturated heterocycles. The third kappa shape index (κ3) is 8.58. The SMILES string of the molecule is CCCCCCCCCc1ccc(S(=O)(=O)NCl)cc1.[NaH]. The molecule has 1 N–H and O–H groups in total. The first-order valence-electron chi connectivity index (χ1n) is 7.31. The minimum absolute atomic E-state index is 0. The normalized spacial score (nSPS) is 11.1. The van der Waals surface area contributed by atoms with Crippen molar-refractivity contribution in [1.82, 2.24) is 4.24 Å². The third-order valence-corrected chi connectivity index (χ3v) is 5.11. The van der Waals surface area contributed by atoms with Crippen LogP contribution in [-0.4, -0.2) is 38.0 Å². The van der Waals surface area contributed by atoms with Crippen molar-refractivity contribution in [1.29, 1.82) is 0 Å². The standard InChI is InChI=1S/C15H24ClNO2S.Na.H/c1-2-3-4-5-6-7-8-9-14-10-12-15(13-11-14)20(18,19)17-16;;/h10-13,17H,2-9H2,1H3;;. The van der Waals surface area contributed by atoms with E-state index >= 15 is 0 Å². The molecule has 6 heteroatoms. The van der Waals surface area contributed by atoms with E-state index in [1.165, 1.54) is 44.1 Å². The number of hydrogen-bond donors (Lipinski definition) is 1. The summed E-state index contributed by atoms with van der Waals surface area (Å²) in [4.78, 5) is 0.204. The minimum atomic E-state index is -3.54. The Morgan fingerprint density at radius 3 is 2.00 bits per heavy atom. The second kappa shape index (κ2) is 11.9. The Kier molecular flexibility index (Phi) is 12.2. The molecule has 0 aliphatic rings. The number of aryl methyl sites for hydroxylation is 1. The van der Waals surface area contributed by atoms with Crippen LogP contribution in [-0.2, 0) is 16.4 Å². The molecule has 0 heterocycles. The van der Waals surface area contributed by atoms with Gasteiger partial charge in [-0.3, -0.25) is 0 Å². The van der Waals surface area contributed by atoms with E-state index in [1.54, 1.807) is 16.4 Å². The maximum absolute atomic E-state index is 11.5. The van der Waals surface area contributed by atoms with Crippen LogP contribution in [0.2, 0.25) is 0 Å². The second-order valence-corrected chi connectivity index (χ2v) is 7.19. The summed E-state index contributed by atoms with van der Waals surface area (Å²) in [5.41, 5.74) is 1.17. The van der Waals surface area contributed by atoms with Gasteiger partial charge in [0.1, 0.15) is 0 Å². The Balaban J connectivity index is 0.00000400. The molecule has 0 atom stereocenters. The summed E-state index contributed by atoms with van der Waals surface area (Å²) in [6.07, 6.45) is 9.99. The molecular weight excluding hydrogens is 317 g/mol. The molecule has 3 nitrogen and oxygen atoms in total. The summed E-state index contributed by atoms with van der Waals surface area (Å²) in [5.74, 6) is 0. The zero-order chi connectivity index (χ0) is 14.8. The van der Waals surface area contributed by atoms with Crippen molar-refractivity contribution in [2.75, 3.05) is 0 Å². The first-order valence-corrected chi connectivity index (χ1v) is 9.17. The van der Waals surface area contributed by atoms with Gasteiger partial charge in [0.15, 0.2) is 0 Å². The van der Waals surface area contributed by atoms with Crippen LogP contribution < -0.4 is 4.24 Å². The molecule has 0 saturated carbocycles. The van der Waals surface area contributed by atoms with Gasteiger partial charge >= 0.3 is 29.6 Å². The van der Waals surface area contributed by atoms with Crippen LogP contribution in [0, 0.1) is 0 Å². The van der Waals surface area contributed by atoms with Gasteiger partial charge in [-0.05, 0) is 42.3 Å². The third-order valence-electron chi connectivity index (χ3n) is 3.40. The number of rotatable bonds is 10. The van der Waals surface area contributed by atoms with E-state index in [4.69, 9.17) is 11.8 Å². The molecule has 0 aliphatic heterocycles. The fraction of sp³-hybridized carbons (Fsp3) is 0.600. The van der Waals surface area contributed by atoms with E-state index in [1.807, 2.05) is 12.1 Å². The Morgan fingerprint density at radius 1 is 0.952 bits per heavy atom. The summed E-state index contributed by atoms with van der Waals surface area (Å²) < 4.78 is 24.7. The first kappa shape index (κ1) is 21.4. The van der Waals surface area contributed by atoms with Crippen molar-refractivity contribution in [3.63, 3.8) is 0 Å². The number of benzene rings is 1. The number of hydrogen-bond acceptors (Lipinski definition) is 2. The Labute approximate surface area is 156 Å². The molecule has 0 fully saturated rings. The molecule has 0 amide bonds. The predicted octanol–water partition coefficient (Wildman–Crippen LogP) is 3.76. The first-order chi connectivity index (χ1) is 9.60. The van der Waals surface area contributed by atoms with Gasteiger partial charge in [0.25, 0.3) is 10.0 Å². The molecule has 1 rings (SSSR count). The number of halogens is 1. The van der Waals surface area contributed by atoms with Gasteiger partial charge in [-0.25, -0.2) is 8.42 Å². The average Bonchev–Trinajstić information content (AvgIpc) is 2.47. The topological polar surface area (TPSA) is 46.2 Å². The summed E-state index contributed by atoms with van der Waals surface area (Å²) in [6.45, 7) is 2.23. The quantitative estimate of drug-likeness (QED) is 0.400. The van der Waals surface area contributed by atoms with Crippen LogP contribution in [0.15, 0.2) is 29.2 Å². The molecule has 0 unspecified atom stereocenters. The van der Waals surface area contributed by atoms with Crippen LogP contribution in [0.3, 0.4) is 0 Å².